The number of aromatic nitrogens is 2. The minimum absolute atomic E-state index is 0.0278. The zero-order valence-corrected chi connectivity index (χ0v) is 9.93. The summed E-state index contributed by atoms with van der Waals surface area (Å²) in [5.41, 5.74) is 0. The predicted octanol–water partition coefficient (Wildman–Crippen LogP) is 0.673. The summed E-state index contributed by atoms with van der Waals surface area (Å²) in [6.07, 6.45) is 3.32. The summed E-state index contributed by atoms with van der Waals surface area (Å²) in [5, 5.41) is 0. The maximum atomic E-state index is 13.5. The Hall–Kier alpha value is -1.72. The molecule has 1 aromatic heterocycles. The third-order valence-corrected chi connectivity index (χ3v) is 3.16. The van der Waals surface area contributed by atoms with E-state index in [2.05, 4.69) is 9.97 Å². The molecule has 0 radical (unpaired) electrons. The molecule has 1 atom stereocenters. The average Bonchev–Trinajstić information content (AvgIpc) is 2.77. The molecule has 0 bridgehead atoms. The highest BCUT2D eigenvalue weighted by molar-refractivity contribution is 5.73. The van der Waals surface area contributed by atoms with Crippen molar-refractivity contribution in [2.45, 2.75) is 19.4 Å². The molecular formula is C11H15FN4O. The normalized spacial score (nSPS) is 19.5. The van der Waals surface area contributed by atoms with Gasteiger partial charge in [-0.1, -0.05) is 0 Å². The highest BCUT2D eigenvalue weighted by Crippen LogP contribution is 2.22. The smallest absolute Gasteiger partial charge is 0.219 e. The van der Waals surface area contributed by atoms with Gasteiger partial charge in [0.1, 0.15) is 6.33 Å². The molecule has 1 aromatic rings. The number of carbonyl (C=O) groups is 1. The molecule has 0 aliphatic carbocycles. The Morgan fingerprint density at radius 1 is 1.65 bits per heavy atom. The first kappa shape index (κ1) is 11.8. The third kappa shape index (κ3) is 2.35. The van der Waals surface area contributed by atoms with Crippen molar-refractivity contribution in [1.82, 2.24) is 14.9 Å². The van der Waals surface area contributed by atoms with Crippen LogP contribution in [0, 0.1) is 5.82 Å². The van der Waals surface area contributed by atoms with E-state index in [1.165, 1.54) is 13.3 Å². The van der Waals surface area contributed by atoms with Crippen molar-refractivity contribution in [2.24, 2.45) is 0 Å². The van der Waals surface area contributed by atoms with E-state index in [0.29, 0.717) is 18.9 Å². The van der Waals surface area contributed by atoms with Crippen molar-refractivity contribution < 1.29 is 9.18 Å². The topological polar surface area (TPSA) is 49.3 Å². The first-order valence-electron chi connectivity index (χ1n) is 5.53. The summed E-state index contributed by atoms with van der Waals surface area (Å²) >= 11 is 0. The monoisotopic (exact) mass is 238 g/mol. The molecule has 1 aliphatic rings. The summed E-state index contributed by atoms with van der Waals surface area (Å²) in [7, 11) is 1.77. The van der Waals surface area contributed by atoms with Crippen LogP contribution >= 0.6 is 0 Å². The van der Waals surface area contributed by atoms with E-state index in [4.69, 9.17) is 0 Å². The molecular weight excluding hydrogens is 223 g/mol. The molecule has 1 saturated heterocycles. The number of anilines is 1. The van der Waals surface area contributed by atoms with Crippen LogP contribution in [0.25, 0.3) is 0 Å². The highest BCUT2D eigenvalue weighted by atomic mass is 19.1. The van der Waals surface area contributed by atoms with Gasteiger partial charge in [0.15, 0.2) is 11.6 Å². The number of likely N-dealkylation sites (N-methyl/N-ethyl adjacent to an activating group) is 1. The van der Waals surface area contributed by atoms with E-state index in [9.17, 15) is 9.18 Å². The zero-order chi connectivity index (χ0) is 12.4. The van der Waals surface area contributed by atoms with Crippen LogP contribution in [0.3, 0.4) is 0 Å². The summed E-state index contributed by atoms with van der Waals surface area (Å²) in [6, 6.07) is 0.127. The van der Waals surface area contributed by atoms with Crippen LogP contribution in [0.1, 0.15) is 13.3 Å². The second-order valence-corrected chi connectivity index (χ2v) is 4.21. The fourth-order valence-electron chi connectivity index (χ4n) is 2.05. The van der Waals surface area contributed by atoms with Gasteiger partial charge in [0.2, 0.25) is 5.91 Å². The number of hydrogen-bond donors (Lipinski definition) is 0. The van der Waals surface area contributed by atoms with Gasteiger partial charge in [0.25, 0.3) is 0 Å². The van der Waals surface area contributed by atoms with Gasteiger partial charge in [-0.15, -0.1) is 0 Å². The molecule has 1 fully saturated rings. The van der Waals surface area contributed by atoms with Crippen molar-refractivity contribution in [1.29, 1.82) is 0 Å². The Bertz CT molecular complexity index is 426. The van der Waals surface area contributed by atoms with Gasteiger partial charge < -0.3 is 9.80 Å². The lowest BCUT2D eigenvalue weighted by atomic mass is 10.2. The van der Waals surface area contributed by atoms with Crippen molar-refractivity contribution in [3.8, 4) is 0 Å². The fraction of sp³-hybridized carbons (Fsp3) is 0.545. The fourth-order valence-corrected chi connectivity index (χ4v) is 2.05. The van der Waals surface area contributed by atoms with Crippen LogP contribution in [0.4, 0.5) is 10.2 Å². The molecule has 6 heteroatoms. The predicted molar refractivity (Wildman–Crippen MR) is 61.1 cm³/mol. The molecule has 17 heavy (non-hydrogen) atoms. The molecule has 0 aromatic carbocycles. The molecule has 1 amide bonds. The van der Waals surface area contributed by atoms with Crippen molar-refractivity contribution in [3.63, 3.8) is 0 Å². The van der Waals surface area contributed by atoms with E-state index >= 15 is 0 Å². The number of amides is 1. The Morgan fingerprint density at radius 2 is 2.41 bits per heavy atom. The minimum atomic E-state index is -0.418. The third-order valence-electron chi connectivity index (χ3n) is 3.16. The molecule has 0 spiro atoms. The van der Waals surface area contributed by atoms with E-state index in [1.807, 2.05) is 4.90 Å². The van der Waals surface area contributed by atoms with Crippen LogP contribution in [-0.4, -0.2) is 47.0 Å². The first-order chi connectivity index (χ1) is 8.09. The van der Waals surface area contributed by atoms with Gasteiger partial charge in [-0.3, -0.25) is 4.79 Å². The SMILES string of the molecule is CC(=O)N(C)C1CCN(c2ncncc2F)C1. The highest BCUT2D eigenvalue weighted by Gasteiger charge is 2.29. The zero-order valence-electron chi connectivity index (χ0n) is 9.93. The van der Waals surface area contributed by atoms with Gasteiger partial charge >= 0.3 is 0 Å². The number of hydrogen-bond acceptors (Lipinski definition) is 4. The maximum absolute atomic E-state index is 13.5. The van der Waals surface area contributed by atoms with Gasteiger partial charge in [0.05, 0.1) is 12.2 Å². The van der Waals surface area contributed by atoms with E-state index < -0.39 is 5.82 Å². The Morgan fingerprint density at radius 3 is 3.06 bits per heavy atom. The number of rotatable bonds is 2. The molecule has 2 heterocycles. The Labute approximate surface area is 99.3 Å². The summed E-state index contributed by atoms with van der Waals surface area (Å²) in [4.78, 5) is 22.3. The summed E-state index contributed by atoms with van der Waals surface area (Å²) in [5.74, 6) is -0.0712. The van der Waals surface area contributed by atoms with Gasteiger partial charge in [-0.2, -0.15) is 0 Å². The standard InChI is InChI=1S/C11H15FN4O/c1-8(17)15(2)9-3-4-16(6-9)11-10(12)5-13-7-14-11/h5,7,9H,3-4,6H2,1-2H3. The van der Waals surface area contributed by atoms with E-state index in [0.717, 1.165) is 12.6 Å². The van der Waals surface area contributed by atoms with Crippen molar-refractivity contribution in [3.05, 3.63) is 18.3 Å². The van der Waals surface area contributed by atoms with Gasteiger partial charge in [0, 0.05) is 27.1 Å². The molecule has 1 unspecified atom stereocenters. The molecule has 92 valence electrons. The lowest BCUT2D eigenvalue weighted by Crippen LogP contribution is -2.37. The lowest BCUT2D eigenvalue weighted by Gasteiger charge is -2.23. The number of halogens is 1. The quantitative estimate of drug-likeness (QED) is 0.760. The molecule has 1 aliphatic heterocycles. The van der Waals surface area contributed by atoms with Crippen LogP contribution < -0.4 is 4.90 Å². The van der Waals surface area contributed by atoms with Gasteiger partial charge in [-0.05, 0) is 6.42 Å². The van der Waals surface area contributed by atoms with Crippen molar-refractivity contribution >= 4 is 11.7 Å². The molecule has 2 rings (SSSR count). The Balaban J connectivity index is 2.08. The molecule has 0 N–H and O–H groups in total. The van der Waals surface area contributed by atoms with E-state index in [1.54, 1.807) is 11.9 Å². The summed E-state index contributed by atoms with van der Waals surface area (Å²) in [6.45, 7) is 2.86. The summed E-state index contributed by atoms with van der Waals surface area (Å²) < 4.78 is 13.5. The first-order valence-corrected chi connectivity index (χ1v) is 5.53. The van der Waals surface area contributed by atoms with Crippen LogP contribution in [-0.2, 0) is 4.79 Å². The molecule has 5 nitrogen and oxygen atoms in total. The van der Waals surface area contributed by atoms with Crippen LogP contribution in [0.5, 0.6) is 0 Å². The largest absolute Gasteiger partial charge is 0.352 e. The maximum Gasteiger partial charge on any atom is 0.219 e. The van der Waals surface area contributed by atoms with E-state index in [-0.39, 0.29) is 11.9 Å². The van der Waals surface area contributed by atoms with Crippen molar-refractivity contribution in [2.75, 3.05) is 25.0 Å². The Kier molecular flexibility index (Phi) is 3.21. The van der Waals surface area contributed by atoms with Crippen LogP contribution in [0.15, 0.2) is 12.5 Å². The number of nitrogens with zero attached hydrogens (tertiary/aromatic N) is 4. The van der Waals surface area contributed by atoms with Crippen LogP contribution in [0.2, 0.25) is 0 Å². The molecule has 0 saturated carbocycles. The lowest BCUT2D eigenvalue weighted by molar-refractivity contribution is -0.129. The second kappa shape index (κ2) is 4.65. The average molecular weight is 238 g/mol. The number of carbonyl (C=O) groups excluding carboxylic acids is 1. The second-order valence-electron chi connectivity index (χ2n) is 4.21. The van der Waals surface area contributed by atoms with Gasteiger partial charge in [-0.25, -0.2) is 14.4 Å². The minimum Gasteiger partial charge on any atom is -0.352 e.